The molecule has 15 heavy (non-hydrogen) atoms. The molecule has 1 heterocycles. The molecule has 0 atom stereocenters. The van der Waals surface area contributed by atoms with Crippen LogP contribution in [0.1, 0.15) is 4.88 Å². The van der Waals surface area contributed by atoms with Crippen molar-refractivity contribution >= 4 is 40.4 Å². The van der Waals surface area contributed by atoms with Crippen molar-refractivity contribution in [3.63, 3.8) is 0 Å². The maximum Gasteiger partial charge on any atom is 0.0794 e. The Morgan fingerprint density at radius 1 is 1.47 bits per heavy atom. The van der Waals surface area contributed by atoms with Gasteiger partial charge in [0.25, 0.3) is 0 Å². The molecule has 1 aromatic heterocycles. The molecule has 0 radical (unpaired) electrons. The SMILES string of the molecule is Nc1cc(Cl)ccc1SCc1cncs1. The number of hydrogen-bond acceptors (Lipinski definition) is 4. The molecule has 5 heteroatoms. The summed E-state index contributed by atoms with van der Waals surface area (Å²) in [4.78, 5) is 6.33. The van der Waals surface area contributed by atoms with E-state index >= 15 is 0 Å². The highest BCUT2D eigenvalue weighted by atomic mass is 35.5. The average Bonchev–Trinajstić information content (AvgIpc) is 2.69. The Hall–Kier alpha value is -0.710. The summed E-state index contributed by atoms with van der Waals surface area (Å²) in [5, 5.41) is 0.676. The normalized spacial score (nSPS) is 10.5. The summed E-state index contributed by atoms with van der Waals surface area (Å²) in [6, 6.07) is 5.58. The van der Waals surface area contributed by atoms with Gasteiger partial charge in [0, 0.05) is 32.4 Å². The zero-order chi connectivity index (χ0) is 10.7. The van der Waals surface area contributed by atoms with E-state index in [2.05, 4.69) is 4.98 Å². The second kappa shape index (κ2) is 4.88. The molecule has 2 nitrogen and oxygen atoms in total. The zero-order valence-corrected chi connectivity index (χ0v) is 10.2. The van der Waals surface area contributed by atoms with Crippen LogP contribution < -0.4 is 5.73 Å². The van der Waals surface area contributed by atoms with E-state index in [0.717, 1.165) is 16.3 Å². The van der Waals surface area contributed by atoms with Gasteiger partial charge in [0.15, 0.2) is 0 Å². The van der Waals surface area contributed by atoms with Crippen LogP contribution >= 0.6 is 34.7 Å². The van der Waals surface area contributed by atoms with Crippen LogP contribution in [0.15, 0.2) is 34.8 Å². The van der Waals surface area contributed by atoms with Crippen molar-refractivity contribution in [2.24, 2.45) is 0 Å². The Labute approximate surface area is 101 Å². The molecule has 2 aromatic rings. The maximum atomic E-state index is 5.84. The summed E-state index contributed by atoms with van der Waals surface area (Å²) in [5.41, 5.74) is 8.41. The smallest absolute Gasteiger partial charge is 0.0794 e. The minimum atomic E-state index is 0.676. The first-order valence-electron chi connectivity index (χ1n) is 4.31. The van der Waals surface area contributed by atoms with Gasteiger partial charge >= 0.3 is 0 Å². The van der Waals surface area contributed by atoms with Gasteiger partial charge in [-0.25, -0.2) is 0 Å². The van der Waals surface area contributed by atoms with Crippen molar-refractivity contribution in [1.29, 1.82) is 0 Å². The van der Waals surface area contributed by atoms with Gasteiger partial charge < -0.3 is 5.73 Å². The monoisotopic (exact) mass is 256 g/mol. The van der Waals surface area contributed by atoms with Crippen molar-refractivity contribution in [1.82, 2.24) is 4.98 Å². The molecular weight excluding hydrogens is 248 g/mol. The van der Waals surface area contributed by atoms with Crippen molar-refractivity contribution in [2.45, 2.75) is 10.6 Å². The molecule has 2 rings (SSSR count). The maximum absolute atomic E-state index is 5.84. The average molecular weight is 257 g/mol. The third-order valence-corrected chi connectivity index (χ3v) is 4.16. The number of anilines is 1. The first-order chi connectivity index (χ1) is 7.25. The molecular formula is C10H9ClN2S2. The molecule has 0 aliphatic heterocycles. The van der Waals surface area contributed by atoms with Gasteiger partial charge in [0.05, 0.1) is 5.51 Å². The molecule has 0 saturated heterocycles. The number of thioether (sulfide) groups is 1. The number of hydrogen-bond donors (Lipinski definition) is 1. The van der Waals surface area contributed by atoms with Crippen molar-refractivity contribution in [3.8, 4) is 0 Å². The molecule has 78 valence electrons. The fourth-order valence-electron chi connectivity index (χ4n) is 1.11. The Morgan fingerprint density at radius 2 is 2.33 bits per heavy atom. The van der Waals surface area contributed by atoms with E-state index in [1.165, 1.54) is 4.88 Å². The minimum absolute atomic E-state index is 0.676. The topological polar surface area (TPSA) is 38.9 Å². The van der Waals surface area contributed by atoms with Gasteiger partial charge in [-0.3, -0.25) is 4.98 Å². The van der Waals surface area contributed by atoms with Gasteiger partial charge in [0.1, 0.15) is 0 Å². The van der Waals surface area contributed by atoms with E-state index in [1.807, 2.05) is 23.8 Å². The van der Waals surface area contributed by atoms with E-state index in [9.17, 15) is 0 Å². The number of thiazole rings is 1. The predicted molar refractivity (Wildman–Crippen MR) is 67.5 cm³/mol. The van der Waals surface area contributed by atoms with Crippen molar-refractivity contribution < 1.29 is 0 Å². The van der Waals surface area contributed by atoms with Crippen LogP contribution in [0.25, 0.3) is 0 Å². The Balaban J connectivity index is 2.05. The lowest BCUT2D eigenvalue weighted by molar-refractivity contribution is 1.36. The quantitative estimate of drug-likeness (QED) is 0.673. The van der Waals surface area contributed by atoms with Gasteiger partial charge in [-0.2, -0.15) is 0 Å². The number of benzene rings is 1. The molecule has 0 unspecified atom stereocenters. The number of rotatable bonds is 3. The summed E-state index contributed by atoms with van der Waals surface area (Å²) in [6.45, 7) is 0. The van der Waals surface area contributed by atoms with E-state index in [4.69, 9.17) is 17.3 Å². The molecule has 0 aliphatic rings. The summed E-state index contributed by atoms with van der Waals surface area (Å²) in [5.74, 6) is 0.899. The molecule has 1 aromatic carbocycles. The van der Waals surface area contributed by atoms with Crippen LogP contribution in [0.5, 0.6) is 0 Å². The third kappa shape index (κ3) is 2.87. The number of nitrogens with zero attached hydrogens (tertiary/aromatic N) is 1. The van der Waals surface area contributed by atoms with E-state index in [-0.39, 0.29) is 0 Å². The molecule has 2 N–H and O–H groups in total. The second-order valence-corrected chi connectivity index (χ2v) is 5.36. The highest BCUT2D eigenvalue weighted by Gasteiger charge is 2.02. The predicted octanol–water partition coefficient (Wildman–Crippen LogP) is 3.67. The fraction of sp³-hybridized carbons (Fsp3) is 0.100. The molecule has 0 aliphatic carbocycles. The highest BCUT2D eigenvalue weighted by molar-refractivity contribution is 7.98. The van der Waals surface area contributed by atoms with Gasteiger partial charge in [-0.1, -0.05) is 11.6 Å². The summed E-state index contributed by atoms with van der Waals surface area (Å²) >= 11 is 9.17. The Bertz CT molecular complexity index is 443. The summed E-state index contributed by atoms with van der Waals surface area (Å²) in [6.07, 6.45) is 1.88. The first-order valence-corrected chi connectivity index (χ1v) is 6.55. The van der Waals surface area contributed by atoms with Gasteiger partial charge in [0.2, 0.25) is 0 Å². The third-order valence-electron chi connectivity index (χ3n) is 1.83. The van der Waals surface area contributed by atoms with Gasteiger partial charge in [-0.05, 0) is 18.2 Å². The molecule has 0 amide bonds. The number of nitrogens with two attached hydrogens (primary N) is 1. The number of aromatic nitrogens is 1. The standard InChI is InChI=1S/C10H9ClN2S2/c11-7-1-2-10(9(12)3-7)14-5-8-4-13-6-15-8/h1-4,6H,5,12H2. The summed E-state index contributed by atoms with van der Waals surface area (Å²) < 4.78 is 0. The van der Waals surface area contributed by atoms with Crippen LogP contribution in [0.4, 0.5) is 5.69 Å². The molecule has 0 saturated carbocycles. The summed E-state index contributed by atoms with van der Waals surface area (Å²) in [7, 11) is 0. The zero-order valence-electron chi connectivity index (χ0n) is 7.81. The van der Waals surface area contributed by atoms with Crippen molar-refractivity contribution in [3.05, 3.63) is 39.8 Å². The van der Waals surface area contributed by atoms with E-state index in [0.29, 0.717) is 5.02 Å². The van der Waals surface area contributed by atoms with E-state index < -0.39 is 0 Å². The molecule has 0 spiro atoms. The lowest BCUT2D eigenvalue weighted by atomic mass is 10.3. The van der Waals surface area contributed by atoms with Crippen LogP contribution in [0, 0.1) is 0 Å². The number of halogens is 1. The Morgan fingerprint density at radius 3 is 3.00 bits per heavy atom. The minimum Gasteiger partial charge on any atom is -0.398 e. The van der Waals surface area contributed by atoms with Crippen LogP contribution in [-0.2, 0) is 5.75 Å². The van der Waals surface area contributed by atoms with Crippen LogP contribution in [0.2, 0.25) is 5.02 Å². The highest BCUT2D eigenvalue weighted by Crippen LogP contribution is 2.30. The largest absolute Gasteiger partial charge is 0.398 e. The van der Waals surface area contributed by atoms with E-state index in [1.54, 1.807) is 29.2 Å². The van der Waals surface area contributed by atoms with Gasteiger partial charge in [-0.15, -0.1) is 23.1 Å². The van der Waals surface area contributed by atoms with Crippen LogP contribution in [-0.4, -0.2) is 4.98 Å². The van der Waals surface area contributed by atoms with Crippen molar-refractivity contribution in [2.75, 3.05) is 5.73 Å². The fourth-order valence-corrected chi connectivity index (χ4v) is 2.88. The number of nitrogen functional groups attached to an aromatic ring is 1. The molecule has 0 bridgehead atoms. The second-order valence-electron chi connectivity index (χ2n) is 2.94. The lowest BCUT2D eigenvalue weighted by Crippen LogP contribution is -1.88. The molecule has 0 fully saturated rings. The lowest BCUT2D eigenvalue weighted by Gasteiger charge is -2.04. The first kappa shape index (κ1) is 10.8. The van der Waals surface area contributed by atoms with Crippen LogP contribution in [0.3, 0.4) is 0 Å². The Kier molecular flexibility index (Phi) is 3.51.